The molecule has 2 heterocycles. The molecule has 1 aromatic carbocycles. The molecule has 0 saturated heterocycles. The van der Waals surface area contributed by atoms with Crippen LogP contribution >= 0.6 is 0 Å². The molecule has 6 nitrogen and oxygen atoms in total. The Morgan fingerprint density at radius 3 is 2.68 bits per heavy atom. The third-order valence-corrected chi connectivity index (χ3v) is 5.44. The standard InChI is InChI=1S/C17H18FN3O3S/c1-4-25(23,24)21-16-9(2)15(19-10(16)3)8-13-12-7-11(18)5-6-14(12)20-17(13)22/h5-8,19,21H,4H2,1-3H3,(H,20,22)/b13-8-. The van der Waals surface area contributed by atoms with Gasteiger partial charge in [0.2, 0.25) is 10.0 Å². The molecule has 0 radical (unpaired) electrons. The van der Waals surface area contributed by atoms with E-state index in [-0.39, 0.29) is 11.7 Å². The maximum absolute atomic E-state index is 13.5. The van der Waals surface area contributed by atoms with Gasteiger partial charge in [0, 0.05) is 22.6 Å². The number of anilines is 2. The van der Waals surface area contributed by atoms with Crippen LogP contribution in [0.1, 0.15) is 29.4 Å². The normalized spacial score (nSPS) is 15.4. The number of carbonyl (C=O) groups is 1. The van der Waals surface area contributed by atoms with Gasteiger partial charge in [0.25, 0.3) is 5.91 Å². The second-order valence-corrected chi connectivity index (χ2v) is 7.88. The predicted molar refractivity (Wildman–Crippen MR) is 96.3 cm³/mol. The third-order valence-electron chi connectivity index (χ3n) is 4.17. The maximum atomic E-state index is 13.5. The molecule has 0 unspecified atom stereocenters. The van der Waals surface area contributed by atoms with E-state index in [9.17, 15) is 17.6 Å². The fourth-order valence-electron chi connectivity index (χ4n) is 2.75. The third kappa shape index (κ3) is 3.17. The van der Waals surface area contributed by atoms with Crippen LogP contribution in [0.15, 0.2) is 18.2 Å². The van der Waals surface area contributed by atoms with Gasteiger partial charge in [0.15, 0.2) is 0 Å². The highest BCUT2D eigenvalue weighted by atomic mass is 32.2. The number of sulfonamides is 1. The summed E-state index contributed by atoms with van der Waals surface area (Å²) in [6.45, 7) is 5.05. The number of fused-ring (bicyclic) bond motifs is 1. The highest BCUT2D eigenvalue weighted by molar-refractivity contribution is 7.92. The monoisotopic (exact) mass is 363 g/mol. The summed E-state index contributed by atoms with van der Waals surface area (Å²) in [7, 11) is -3.42. The van der Waals surface area contributed by atoms with Crippen molar-refractivity contribution in [2.75, 3.05) is 15.8 Å². The smallest absolute Gasteiger partial charge is 0.256 e. The van der Waals surface area contributed by atoms with Crippen molar-refractivity contribution >= 4 is 39.0 Å². The molecule has 0 bridgehead atoms. The van der Waals surface area contributed by atoms with Crippen LogP contribution in [-0.4, -0.2) is 25.1 Å². The molecular formula is C17H18FN3O3S. The Morgan fingerprint density at radius 2 is 2.00 bits per heavy atom. The van der Waals surface area contributed by atoms with E-state index in [0.29, 0.717) is 39.5 Å². The van der Waals surface area contributed by atoms with Gasteiger partial charge in [-0.2, -0.15) is 0 Å². The van der Waals surface area contributed by atoms with E-state index in [1.54, 1.807) is 26.8 Å². The van der Waals surface area contributed by atoms with Crippen molar-refractivity contribution in [3.8, 4) is 0 Å². The predicted octanol–water partition coefficient (Wildman–Crippen LogP) is 3.02. The first kappa shape index (κ1) is 17.2. The summed E-state index contributed by atoms with van der Waals surface area (Å²) in [5.74, 6) is -0.803. The van der Waals surface area contributed by atoms with Gasteiger partial charge in [-0.1, -0.05) is 0 Å². The maximum Gasteiger partial charge on any atom is 0.256 e. The topological polar surface area (TPSA) is 91.1 Å². The lowest BCUT2D eigenvalue weighted by Crippen LogP contribution is -2.15. The van der Waals surface area contributed by atoms with Crippen LogP contribution in [0.3, 0.4) is 0 Å². The van der Waals surface area contributed by atoms with Crippen LogP contribution in [0.5, 0.6) is 0 Å². The van der Waals surface area contributed by atoms with Crippen molar-refractivity contribution in [2.45, 2.75) is 20.8 Å². The molecule has 8 heteroatoms. The Hall–Kier alpha value is -2.61. The van der Waals surface area contributed by atoms with Gasteiger partial charge in [0.05, 0.1) is 17.0 Å². The number of hydrogen-bond acceptors (Lipinski definition) is 3. The molecule has 0 aliphatic carbocycles. The van der Waals surface area contributed by atoms with Crippen LogP contribution in [0.25, 0.3) is 11.6 Å². The average Bonchev–Trinajstić information content (AvgIpc) is 2.99. The Bertz CT molecular complexity index is 1010. The summed E-state index contributed by atoms with van der Waals surface area (Å²) in [4.78, 5) is 15.3. The number of rotatable bonds is 4. The molecule has 3 rings (SSSR count). The average molecular weight is 363 g/mol. The van der Waals surface area contributed by atoms with Crippen molar-refractivity contribution in [2.24, 2.45) is 0 Å². The summed E-state index contributed by atoms with van der Waals surface area (Å²) in [6, 6.07) is 4.09. The van der Waals surface area contributed by atoms with Gasteiger partial charge in [-0.15, -0.1) is 0 Å². The zero-order chi connectivity index (χ0) is 18.4. The lowest BCUT2D eigenvalue weighted by atomic mass is 10.0. The quantitative estimate of drug-likeness (QED) is 0.729. The molecule has 132 valence electrons. The first-order chi connectivity index (χ1) is 11.7. The summed E-state index contributed by atoms with van der Waals surface area (Å²) in [6.07, 6.45) is 1.60. The van der Waals surface area contributed by atoms with E-state index in [2.05, 4.69) is 15.0 Å². The molecule has 0 atom stereocenters. The van der Waals surface area contributed by atoms with Gasteiger partial charge in [-0.3, -0.25) is 9.52 Å². The van der Waals surface area contributed by atoms with E-state index >= 15 is 0 Å². The Labute approximate surface area is 145 Å². The van der Waals surface area contributed by atoms with Gasteiger partial charge in [-0.05, 0) is 50.6 Å². The molecular weight excluding hydrogens is 345 g/mol. The SMILES string of the molecule is CCS(=O)(=O)Nc1c(C)[nH]c(/C=C2\C(=O)Nc3ccc(F)cc32)c1C. The van der Waals surface area contributed by atoms with E-state index in [4.69, 9.17) is 0 Å². The summed E-state index contributed by atoms with van der Waals surface area (Å²) < 4.78 is 39.7. The molecule has 3 N–H and O–H groups in total. The van der Waals surface area contributed by atoms with Crippen molar-refractivity contribution in [3.63, 3.8) is 0 Å². The molecule has 0 saturated carbocycles. The van der Waals surface area contributed by atoms with Crippen molar-refractivity contribution in [3.05, 3.63) is 46.5 Å². The first-order valence-corrected chi connectivity index (χ1v) is 9.39. The number of aryl methyl sites for hydroxylation is 1. The lowest BCUT2D eigenvalue weighted by molar-refractivity contribution is -0.110. The van der Waals surface area contributed by atoms with Gasteiger partial charge < -0.3 is 10.3 Å². The summed E-state index contributed by atoms with van der Waals surface area (Å²) in [5, 5.41) is 2.68. The first-order valence-electron chi connectivity index (χ1n) is 7.74. The van der Waals surface area contributed by atoms with Crippen LogP contribution < -0.4 is 10.0 Å². The molecule has 25 heavy (non-hydrogen) atoms. The van der Waals surface area contributed by atoms with Crippen LogP contribution in [0, 0.1) is 19.7 Å². The van der Waals surface area contributed by atoms with Crippen molar-refractivity contribution < 1.29 is 17.6 Å². The zero-order valence-electron chi connectivity index (χ0n) is 14.0. The minimum atomic E-state index is -3.42. The highest BCUT2D eigenvalue weighted by Gasteiger charge is 2.25. The fourth-order valence-corrected chi connectivity index (χ4v) is 3.51. The molecule has 1 aliphatic heterocycles. The number of halogens is 1. The van der Waals surface area contributed by atoms with E-state index < -0.39 is 15.8 Å². The van der Waals surface area contributed by atoms with Crippen LogP contribution in [0.4, 0.5) is 15.8 Å². The number of hydrogen-bond donors (Lipinski definition) is 3. The Morgan fingerprint density at radius 1 is 1.28 bits per heavy atom. The summed E-state index contributed by atoms with van der Waals surface area (Å²) >= 11 is 0. The Balaban J connectivity index is 2.06. The van der Waals surface area contributed by atoms with Crippen LogP contribution in [0.2, 0.25) is 0 Å². The minimum absolute atomic E-state index is 0.0391. The number of nitrogens with one attached hydrogen (secondary N) is 3. The van der Waals surface area contributed by atoms with Crippen molar-refractivity contribution in [1.82, 2.24) is 4.98 Å². The van der Waals surface area contributed by atoms with E-state index in [1.165, 1.54) is 18.2 Å². The number of aromatic nitrogens is 1. The summed E-state index contributed by atoms with van der Waals surface area (Å²) in [5.41, 5.74) is 3.71. The number of aromatic amines is 1. The van der Waals surface area contributed by atoms with Crippen LogP contribution in [-0.2, 0) is 14.8 Å². The van der Waals surface area contributed by atoms with Gasteiger partial charge >= 0.3 is 0 Å². The van der Waals surface area contributed by atoms with Gasteiger partial charge in [-0.25, -0.2) is 12.8 Å². The number of benzene rings is 1. The van der Waals surface area contributed by atoms with E-state index in [0.717, 1.165) is 0 Å². The zero-order valence-corrected chi connectivity index (χ0v) is 14.8. The molecule has 2 aromatic rings. The molecule has 0 fully saturated rings. The molecule has 0 spiro atoms. The number of carbonyl (C=O) groups excluding carboxylic acids is 1. The molecule has 1 amide bonds. The Kier molecular flexibility index (Phi) is 4.16. The fraction of sp³-hybridized carbons (Fsp3) is 0.235. The lowest BCUT2D eigenvalue weighted by Gasteiger charge is -2.06. The van der Waals surface area contributed by atoms with E-state index in [1.807, 2.05) is 0 Å². The van der Waals surface area contributed by atoms with Gasteiger partial charge in [0.1, 0.15) is 5.82 Å². The largest absolute Gasteiger partial charge is 0.357 e. The van der Waals surface area contributed by atoms with Crippen molar-refractivity contribution in [1.29, 1.82) is 0 Å². The number of amides is 1. The molecule has 1 aromatic heterocycles. The minimum Gasteiger partial charge on any atom is -0.357 e. The molecule has 1 aliphatic rings. The second-order valence-electron chi connectivity index (χ2n) is 5.87. The second kappa shape index (κ2) is 6.03. The number of H-pyrrole nitrogens is 1. The highest BCUT2D eigenvalue weighted by Crippen LogP contribution is 2.35.